The Bertz CT molecular complexity index is 1020. The van der Waals surface area contributed by atoms with Gasteiger partial charge in [-0.3, -0.25) is 10.1 Å². The quantitative estimate of drug-likeness (QED) is 0.479. The van der Waals surface area contributed by atoms with E-state index in [4.69, 9.17) is 9.15 Å². The molecule has 1 aromatic heterocycles. The lowest BCUT2D eigenvalue weighted by atomic mass is 10.1. The van der Waals surface area contributed by atoms with E-state index in [-0.39, 0.29) is 5.56 Å². The molecule has 160 valence electrons. The van der Waals surface area contributed by atoms with E-state index in [2.05, 4.69) is 16.0 Å². The van der Waals surface area contributed by atoms with Crippen molar-refractivity contribution in [3.8, 4) is 0 Å². The number of hydrogen-bond donors (Lipinski definition) is 3. The molecule has 3 aromatic rings. The Kier molecular flexibility index (Phi) is 7.42. The van der Waals surface area contributed by atoms with Gasteiger partial charge in [0, 0.05) is 17.8 Å². The van der Waals surface area contributed by atoms with Crippen molar-refractivity contribution in [3.05, 3.63) is 89.9 Å². The number of ether oxygens (including phenoxy) is 1. The summed E-state index contributed by atoms with van der Waals surface area (Å²) in [6.07, 6.45) is 0.268. The highest BCUT2D eigenvalue weighted by molar-refractivity contribution is 6.00. The molecule has 0 spiro atoms. The molecule has 0 saturated heterocycles. The van der Waals surface area contributed by atoms with Crippen molar-refractivity contribution in [2.45, 2.75) is 19.6 Å². The van der Waals surface area contributed by atoms with Gasteiger partial charge in [0.05, 0.1) is 18.4 Å². The lowest BCUT2D eigenvalue weighted by molar-refractivity contribution is -0.129. The van der Waals surface area contributed by atoms with Crippen LogP contribution in [0.1, 0.15) is 34.7 Å². The summed E-state index contributed by atoms with van der Waals surface area (Å²) in [5, 5.41) is 7.81. The minimum absolute atomic E-state index is 0.251. The van der Waals surface area contributed by atoms with Crippen LogP contribution in [0.25, 0.3) is 0 Å². The molecule has 0 unspecified atom stereocenters. The highest BCUT2D eigenvalue weighted by atomic mass is 16.5. The van der Waals surface area contributed by atoms with Crippen molar-refractivity contribution in [2.75, 3.05) is 11.9 Å². The van der Waals surface area contributed by atoms with Crippen molar-refractivity contribution < 1.29 is 23.5 Å². The molecule has 1 atom stereocenters. The number of rotatable bonds is 8. The number of urea groups is 1. The third-order valence-electron chi connectivity index (χ3n) is 4.32. The Morgan fingerprint density at radius 2 is 1.71 bits per heavy atom. The SMILES string of the molecule is CCNC(=O)NC(=O)[C@H](OC(=O)c1ccccc1NCc1ccco1)c1ccccc1. The molecular formula is C23H23N3O5. The van der Waals surface area contributed by atoms with Gasteiger partial charge < -0.3 is 19.8 Å². The molecule has 2 aromatic carbocycles. The number of para-hydroxylation sites is 1. The van der Waals surface area contributed by atoms with E-state index < -0.39 is 24.0 Å². The molecule has 3 amide bonds. The molecule has 0 fully saturated rings. The summed E-state index contributed by atoms with van der Waals surface area (Å²) < 4.78 is 10.8. The normalized spacial score (nSPS) is 11.3. The number of anilines is 1. The van der Waals surface area contributed by atoms with Gasteiger partial charge in [0.1, 0.15) is 5.76 Å². The lowest BCUT2D eigenvalue weighted by Crippen LogP contribution is -2.42. The number of amides is 3. The summed E-state index contributed by atoms with van der Waals surface area (Å²) in [5.41, 5.74) is 1.22. The first kappa shape index (κ1) is 21.6. The van der Waals surface area contributed by atoms with Crippen LogP contribution in [0, 0.1) is 0 Å². The number of carbonyl (C=O) groups is 3. The molecule has 1 heterocycles. The van der Waals surface area contributed by atoms with Gasteiger partial charge in [-0.15, -0.1) is 0 Å². The number of nitrogens with one attached hydrogen (secondary N) is 3. The Labute approximate surface area is 179 Å². The van der Waals surface area contributed by atoms with Gasteiger partial charge >= 0.3 is 12.0 Å². The fraction of sp³-hybridized carbons (Fsp3) is 0.174. The van der Waals surface area contributed by atoms with E-state index in [1.54, 1.807) is 73.9 Å². The van der Waals surface area contributed by atoms with Gasteiger partial charge in [0.15, 0.2) is 0 Å². The molecule has 0 radical (unpaired) electrons. The monoisotopic (exact) mass is 421 g/mol. The number of imide groups is 1. The minimum atomic E-state index is -1.30. The fourth-order valence-electron chi connectivity index (χ4n) is 2.86. The Hall–Kier alpha value is -4.07. The van der Waals surface area contributed by atoms with Crippen LogP contribution in [0.5, 0.6) is 0 Å². The van der Waals surface area contributed by atoms with Crippen LogP contribution in [-0.2, 0) is 16.1 Å². The molecule has 0 bridgehead atoms. The van der Waals surface area contributed by atoms with Gasteiger partial charge in [-0.2, -0.15) is 0 Å². The summed E-state index contributed by atoms with van der Waals surface area (Å²) in [7, 11) is 0. The van der Waals surface area contributed by atoms with E-state index in [1.807, 2.05) is 6.07 Å². The van der Waals surface area contributed by atoms with Crippen molar-refractivity contribution >= 4 is 23.6 Å². The maximum atomic E-state index is 13.0. The van der Waals surface area contributed by atoms with Gasteiger partial charge in [-0.25, -0.2) is 9.59 Å². The smallest absolute Gasteiger partial charge is 0.341 e. The van der Waals surface area contributed by atoms with Crippen LogP contribution in [0.15, 0.2) is 77.4 Å². The zero-order valence-electron chi connectivity index (χ0n) is 17.0. The first-order valence-electron chi connectivity index (χ1n) is 9.78. The second-order valence-corrected chi connectivity index (χ2v) is 6.52. The topological polar surface area (TPSA) is 110 Å². The van der Waals surface area contributed by atoms with E-state index in [0.29, 0.717) is 30.1 Å². The van der Waals surface area contributed by atoms with Crippen LogP contribution in [0.4, 0.5) is 10.5 Å². The first-order chi connectivity index (χ1) is 15.1. The summed E-state index contributed by atoms with van der Waals surface area (Å²) in [6, 6.07) is 18.2. The Morgan fingerprint density at radius 1 is 0.968 bits per heavy atom. The maximum absolute atomic E-state index is 13.0. The molecule has 31 heavy (non-hydrogen) atoms. The Morgan fingerprint density at radius 3 is 2.42 bits per heavy atom. The molecule has 8 heteroatoms. The summed E-state index contributed by atoms with van der Waals surface area (Å²) in [4.78, 5) is 37.4. The maximum Gasteiger partial charge on any atom is 0.341 e. The van der Waals surface area contributed by atoms with Crippen LogP contribution >= 0.6 is 0 Å². The van der Waals surface area contributed by atoms with E-state index in [0.717, 1.165) is 0 Å². The largest absolute Gasteiger partial charge is 0.467 e. The summed E-state index contributed by atoms with van der Waals surface area (Å²) >= 11 is 0. The molecule has 3 N–H and O–H groups in total. The van der Waals surface area contributed by atoms with E-state index >= 15 is 0 Å². The van der Waals surface area contributed by atoms with Crippen molar-refractivity contribution in [1.82, 2.24) is 10.6 Å². The number of esters is 1. The summed E-state index contributed by atoms with van der Waals surface area (Å²) in [5.74, 6) is -0.749. The second kappa shape index (κ2) is 10.6. The van der Waals surface area contributed by atoms with Crippen molar-refractivity contribution in [1.29, 1.82) is 0 Å². The van der Waals surface area contributed by atoms with E-state index in [1.165, 1.54) is 0 Å². The van der Waals surface area contributed by atoms with Crippen LogP contribution in [0.2, 0.25) is 0 Å². The molecule has 0 aliphatic rings. The third-order valence-corrected chi connectivity index (χ3v) is 4.32. The predicted molar refractivity (Wildman–Crippen MR) is 114 cm³/mol. The van der Waals surface area contributed by atoms with E-state index in [9.17, 15) is 14.4 Å². The highest BCUT2D eigenvalue weighted by Gasteiger charge is 2.27. The van der Waals surface area contributed by atoms with Gasteiger partial charge in [-0.05, 0) is 31.2 Å². The zero-order chi connectivity index (χ0) is 22.1. The van der Waals surface area contributed by atoms with Crippen LogP contribution < -0.4 is 16.0 Å². The minimum Gasteiger partial charge on any atom is -0.467 e. The standard InChI is InChI=1S/C23H23N3O5/c1-2-24-23(29)26-21(27)20(16-9-4-3-5-10-16)31-22(28)18-12-6-7-13-19(18)25-15-17-11-8-14-30-17/h3-14,20,25H,2,15H2,1H3,(H2,24,26,27,29)/t20-/m1/s1. The molecule has 0 saturated carbocycles. The fourth-order valence-corrected chi connectivity index (χ4v) is 2.86. The number of carbonyl (C=O) groups excluding carboxylic acids is 3. The van der Waals surface area contributed by atoms with Crippen molar-refractivity contribution in [2.24, 2.45) is 0 Å². The third kappa shape index (κ3) is 5.96. The lowest BCUT2D eigenvalue weighted by Gasteiger charge is -2.19. The van der Waals surface area contributed by atoms with Gasteiger partial charge in [0.2, 0.25) is 6.10 Å². The molecular weight excluding hydrogens is 398 g/mol. The number of benzene rings is 2. The second-order valence-electron chi connectivity index (χ2n) is 6.52. The molecule has 0 aliphatic heterocycles. The summed E-state index contributed by atoms with van der Waals surface area (Å²) in [6.45, 7) is 2.45. The average molecular weight is 421 g/mol. The van der Waals surface area contributed by atoms with Crippen molar-refractivity contribution in [3.63, 3.8) is 0 Å². The first-order valence-corrected chi connectivity index (χ1v) is 9.78. The van der Waals surface area contributed by atoms with Gasteiger partial charge in [-0.1, -0.05) is 42.5 Å². The highest BCUT2D eigenvalue weighted by Crippen LogP contribution is 2.23. The van der Waals surface area contributed by atoms with Gasteiger partial charge in [0.25, 0.3) is 5.91 Å². The van der Waals surface area contributed by atoms with Crippen LogP contribution in [-0.4, -0.2) is 24.5 Å². The Balaban J connectivity index is 1.79. The zero-order valence-corrected chi connectivity index (χ0v) is 17.0. The molecule has 0 aliphatic carbocycles. The molecule has 3 rings (SSSR count). The number of furan rings is 1. The number of hydrogen-bond acceptors (Lipinski definition) is 6. The average Bonchev–Trinajstić information content (AvgIpc) is 3.30. The van der Waals surface area contributed by atoms with Crippen LogP contribution in [0.3, 0.4) is 0 Å². The molecule has 8 nitrogen and oxygen atoms in total. The predicted octanol–water partition coefficient (Wildman–Crippen LogP) is 3.64.